The molecule has 3 aromatic rings. The second-order valence-electron chi connectivity index (χ2n) is 9.65. The van der Waals surface area contributed by atoms with Crippen molar-refractivity contribution in [3.05, 3.63) is 81.5 Å². The Bertz CT molecular complexity index is 1410. The van der Waals surface area contributed by atoms with Crippen LogP contribution in [0.25, 0.3) is 12.2 Å². The molecule has 7 nitrogen and oxygen atoms in total. The van der Waals surface area contributed by atoms with Crippen LogP contribution in [0.4, 0.5) is 4.39 Å². The summed E-state index contributed by atoms with van der Waals surface area (Å²) in [6, 6.07) is 10.0. The molecule has 9 heteroatoms. The van der Waals surface area contributed by atoms with Gasteiger partial charge in [-0.2, -0.15) is 4.31 Å². The third kappa shape index (κ3) is 5.99. The molecule has 4 rings (SSSR count). The van der Waals surface area contributed by atoms with Crippen molar-refractivity contribution in [3.8, 4) is 0 Å². The summed E-state index contributed by atoms with van der Waals surface area (Å²) >= 11 is 0. The number of hydrogen-bond acceptors (Lipinski definition) is 5. The Kier molecular flexibility index (Phi) is 7.94. The molecule has 1 atom stereocenters. The van der Waals surface area contributed by atoms with Crippen molar-refractivity contribution in [2.24, 2.45) is 5.92 Å². The zero-order chi connectivity index (χ0) is 26.7. The van der Waals surface area contributed by atoms with E-state index in [1.165, 1.54) is 16.4 Å². The van der Waals surface area contributed by atoms with Crippen LogP contribution in [0.1, 0.15) is 52.1 Å². The first-order chi connectivity index (χ1) is 17.6. The van der Waals surface area contributed by atoms with Crippen LogP contribution in [0.2, 0.25) is 0 Å². The Labute approximate surface area is 217 Å². The Morgan fingerprint density at radius 1 is 1.14 bits per heavy atom. The third-order valence-electron chi connectivity index (χ3n) is 6.71. The molecule has 1 amide bonds. The summed E-state index contributed by atoms with van der Waals surface area (Å²) in [5.74, 6) is -0.886. The Morgan fingerprint density at radius 3 is 2.49 bits per heavy atom. The van der Waals surface area contributed by atoms with E-state index in [1.54, 1.807) is 25.1 Å². The smallest absolute Gasteiger partial charge is 0.248 e. The van der Waals surface area contributed by atoms with Crippen LogP contribution in [-0.4, -0.2) is 36.9 Å². The van der Waals surface area contributed by atoms with Gasteiger partial charge in [-0.15, -0.1) is 0 Å². The number of aromatic nitrogens is 1. The standard InChI is InChI=1S/C28H32FN3O4S/c1-18-14-19(2)25(20(3)15-18)11-12-26-27(21(4)31-36-26)37(34,35)32-13-5-6-23(17-32)28(33)30-16-22-7-9-24(29)10-8-22/h7-12,14-15,23H,5-6,13,16-17H2,1-4H3,(H,30,33)/b12-11+/t23-/m1/s1. The molecular formula is C28H32FN3O4S. The monoisotopic (exact) mass is 525 g/mol. The maximum atomic E-state index is 13.7. The molecule has 37 heavy (non-hydrogen) atoms. The molecular weight excluding hydrogens is 493 g/mol. The minimum Gasteiger partial charge on any atom is -0.355 e. The molecule has 2 heterocycles. The van der Waals surface area contributed by atoms with Gasteiger partial charge >= 0.3 is 0 Å². The number of nitrogens with one attached hydrogen (secondary N) is 1. The second kappa shape index (κ2) is 11.0. The lowest BCUT2D eigenvalue weighted by Gasteiger charge is -2.31. The van der Waals surface area contributed by atoms with Gasteiger partial charge in [-0.3, -0.25) is 4.79 Å². The van der Waals surface area contributed by atoms with Gasteiger partial charge in [-0.1, -0.05) is 41.1 Å². The van der Waals surface area contributed by atoms with Gasteiger partial charge in [0.1, 0.15) is 11.5 Å². The first kappa shape index (κ1) is 26.8. The molecule has 0 saturated carbocycles. The summed E-state index contributed by atoms with van der Waals surface area (Å²) in [6.45, 7) is 8.30. The van der Waals surface area contributed by atoms with E-state index < -0.39 is 15.9 Å². The van der Waals surface area contributed by atoms with Gasteiger partial charge in [0.25, 0.3) is 0 Å². The number of piperidine rings is 1. The van der Waals surface area contributed by atoms with Crippen molar-refractivity contribution in [1.82, 2.24) is 14.8 Å². The normalized spacial score (nSPS) is 16.8. The van der Waals surface area contributed by atoms with Gasteiger partial charge in [-0.05, 0) is 81.0 Å². The zero-order valence-corrected chi connectivity index (χ0v) is 22.4. The topological polar surface area (TPSA) is 92.5 Å². The number of amides is 1. The lowest BCUT2D eigenvalue weighted by Crippen LogP contribution is -2.45. The number of benzene rings is 2. The fourth-order valence-corrected chi connectivity index (χ4v) is 6.63. The first-order valence-corrected chi connectivity index (χ1v) is 13.7. The highest BCUT2D eigenvalue weighted by molar-refractivity contribution is 7.89. The second-order valence-corrected chi connectivity index (χ2v) is 11.5. The lowest BCUT2D eigenvalue weighted by atomic mass is 9.99. The van der Waals surface area contributed by atoms with Crippen molar-refractivity contribution in [2.75, 3.05) is 13.1 Å². The molecule has 0 radical (unpaired) electrons. The summed E-state index contributed by atoms with van der Waals surface area (Å²) in [5, 5.41) is 6.78. The van der Waals surface area contributed by atoms with Crippen LogP contribution in [0.15, 0.2) is 45.8 Å². The molecule has 1 aromatic heterocycles. The van der Waals surface area contributed by atoms with E-state index in [0.717, 1.165) is 27.8 Å². The van der Waals surface area contributed by atoms with Crippen LogP contribution < -0.4 is 5.32 Å². The summed E-state index contributed by atoms with van der Waals surface area (Å²) in [5.41, 5.74) is 5.37. The highest BCUT2D eigenvalue weighted by Gasteiger charge is 2.36. The van der Waals surface area contributed by atoms with Crippen molar-refractivity contribution < 1.29 is 22.1 Å². The minimum atomic E-state index is -3.95. The van der Waals surface area contributed by atoms with Crippen LogP contribution in [0.3, 0.4) is 0 Å². The van der Waals surface area contributed by atoms with Gasteiger partial charge in [0, 0.05) is 19.6 Å². The molecule has 0 unspecified atom stereocenters. The van der Waals surface area contributed by atoms with Gasteiger partial charge < -0.3 is 9.84 Å². The quantitative estimate of drug-likeness (QED) is 0.472. The number of nitrogens with zero attached hydrogens (tertiary/aromatic N) is 2. The van der Waals surface area contributed by atoms with Crippen molar-refractivity contribution in [1.29, 1.82) is 0 Å². The van der Waals surface area contributed by atoms with E-state index in [9.17, 15) is 17.6 Å². The molecule has 196 valence electrons. The average molecular weight is 526 g/mol. The first-order valence-electron chi connectivity index (χ1n) is 12.3. The summed E-state index contributed by atoms with van der Waals surface area (Å²) in [6.07, 6.45) is 4.65. The highest BCUT2D eigenvalue weighted by atomic mass is 32.2. The number of sulfonamides is 1. The molecule has 1 N–H and O–H groups in total. The zero-order valence-electron chi connectivity index (χ0n) is 21.5. The third-order valence-corrected chi connectivity index (χ3v) is 8.73. The highest BCUT2D eigenvalue weighted by Crippen LogP contribution is 2.30. The van der Waals surface area contributed by atoms with Crippen LogP contribution >= 0.6 is 0 Å². The van der Waals surface area contributed by atoms with Crippen molar-refractivity contribution >= 4 is 28.1 Å². The van der Waals surface area contributed by atoms with Gasteiger partial charge in [-0.25, -0.2) is 12.8 Å². The van der Waals surface area contributed by atoms with Gasteiger partial charge in [0.2, 0.25) is 15.9 Å². The molecule has 0 aliphatic carbocycles. The van der Waals surface area contributed by atoms with Gasteiger partial charge in [0.15, 0.2) is 10.7 Å². The van der Waals surface area contributed by atoms with Crippen LogP contribution in [-0.2, 0) is 21.4 Å². The molecule has 0 spiro atoms. The van der Waals surface area contributed by atoms with Crippen molar-refractivity contribution in [3.63, 3.8) is 0 Å². The van der Waals surface area contributed by atoms with E-state index in [-0.39, 0.29) is 41.2 Å². The van der Waals surface area contributed by atoms with E-state index >= 15 is 0 Å². The van der Waals surface area contributed by atoms with Gasteiger partial charge in [0.05, 0.1) is 5.92 Å². The summed E-state index contributed by atoms with van der Waals surface area (Å²) in [4.78, 5) is 12.9. The predicted molar refractivity (Wildman–Crippen MR) is 141 cm³/mol. The van der Waals surface area contributed by atoms with E-state index in [1.807, 2.05) is 26.8 Å². The number of carbonyl (C=O) groups excluding carboxylic acids is 1. The van der Waals surface area contributed by atoms with E-state index in [2.05, 4.69) is 22.6 Å². The minimum absolute atomic E-state index is 0.0264. The Hall–Kier alpha value is -3.30. The Balaban J connectivity index is 1.51. The molecule has 1 aliphatic rings. The summed E-state index contributed by atoms with van der Waals surface area (Å²) in [7, 11) is -3.95. The maximum absolute atomic E-state index is 13.7. The fourth-order valence-electron chi connectivity index (χ4n) is 4.85. The Morgan fingerprint density at radius 2 is 1.81 bits per heavy atom. The number of aryl methyl sites for hydroxylation is 4. The average Bonchev–Trinajstić information content (AvgIpc) is 3.24. The van der Waals surface area contributed by atoms with Crippen LogP contribution in [0.5, 0.6) is 0 Å². The molecule has 1 fully saturated rings. The molecule has 1 saturated heterocycles. The molecule has 0 bridgehead atoms. The van der Waals surface area contributed by atoms with Crippen LogP contribution in [0, 0.1) is 39.4 Å². The number of hydrogen-bond donors (Lipinski definition) is 1. The lowest BCUT2D eigenvalue weighted by molar-refractivity contribution is -0.126. The largest absolute Gasteiger partial charge is 0.355 e. The van der Waals surface area contributed by atoms with E-state index in [0.29, 0.717) is 19.4 Å². The molecule has 2 aromatic carbocycles. The SMILES string of the molecule is Cc1cc(C)c(/C=C/c2onc(C)c2S(=O)(=O)N2CCC[C@@H](C(=O)NCc3ccc(F)cc3)C2)c(C)c1. The number of rotatable bonds is 7. The van der Waals surface area contributed by atoms with Crippen molar-refractivity contribution in [2.45, 2.75) is 52.0 Å². The fraction of sp³-hybridized carbons (Fsp3) is 0.357. The van der Waals surface area contributed by atoms with E-state index in [4.69, 9.17) is 4.52 Å². The maximum Gasteiger partial charge on any atom is 0.248 e. The predicted octanol–water partition coefficient (Wildman–Crippen LogP) is 4.93. The summed E-state index contributed by atoms with van der Waals surface area (Å²) < 4.78 is 47.3. The number of carbonyl (C=O) groups is 1. The number of halogens is 1. The molecule has 1 aliphatic heterocycles.